The van der Waals surface area contributed by atoms with Crippen molar-refractivity contribution in [1.29, 1.82) is 0 Å². The molecular weight excluding hydrogens is 242 g/mol. The molecule has 2 rings (SSSR count). The van der Waals surface area contributed by atoms with Crippen molar-refractivity contribution in [1.82, 2.24) is 10.3 Å². The summed E-state index contributed by atoms with van der Waals surface area (Å²) >= 11 is 0. The van der Waals surface area contributed by atoms with Gasteiger partial charge in [-0.15, -0.1) is 0 Å². The maximum absolute atomic E-state index is 11.6. The van der Waals surface area contributed by atoms with E-state index in [4.69, 9.17) is 4.42 Å². The van der Waals surface area contributed by atoms with E-state index in [1.54, 1.807) is 0 Å². The predicted octanol–water partition coefficient (Wildman–Crippen LogP) is 0.369. The van der Waals surface area contributed by atoms with Crippen LogP contribution in [-0.2, 0) is 11.3 Å². The van der Waals surface area contributed by atoms with Crippen LogP contribution in [0.15, 0.2) is 28.7 Å². The van der Waals surface area contributed by atoms with Gasteiger partial charge in [0.25, 0.3) is 11.8 Å². The lowest BCUT2D eigenvalue weighted by Gasteiger charge is -2.14. The van der Waals surface area contributed by atoms with E-state index in [0.29, 0.717) is 25.5 Å². The van der Waals surface area contributed by atoms with Gasteiger partial charge in [0.1, 0.15) is 5.52 Å². The highest BCUT2D eigenvalue weighted by Crippen LogP contribution is 2.13. The molecule has 0 aliphatic rings. The highest BCUT2D eigenvalue weighted by atomic mass is 16.3. The van der Waals surface area contributed by atoms with E-state index < -0.39 is 0 Å². The van der Waals surface area contributed by atoms with Crippen LogP contribution in [0.3, 0.4) is 0 Å². The highest BCUT2D eigenvalue weighted by molar-refractivity contribution is 5.76. The number of likely N-dealkylation sites (N-methyl/N-ethyl adjacent to an activating group) is 2. The highest BCUT2D eigenvalue weighted by Gasteiger charge is 2.16. The van der Waals surface area contributed by atoms with E-state index >= 15 is 0 Å². The van der Waals surface area contributed by atoms with E-state index in [1.165, 1.54) is 0 Å². The first-order chi connectivity index (χ1) is 9.22. The number of amides is 1. The topological polar surface area (TPSA) is 59.6 Å². The number of rotatable bonds is 6. The number of nitrogens with one attached hydrogen (secondary N) is 2. The van der Waals surface area contributed by atoms with Crippen molar-refractivity contribution in [2.45, 2.75) is 20.4 Å². The lowest BCUT2D eigenvalue weighted by molar-refractivity contribution is -0.905. The first-order valence-electron chi connectivity index (χ1n) is 6.67. The monoisotopic (exact) mass is 262 g/mol. The average Bonchev–Trinajstić information content (AvgIpc) is 2.80. The predicted molar refractivity (Wildman–Crippen MR) is 72.8 cm³/mol. The van der Waals surface area contributed by atoms with Crippen molar-refractivity contribution in [3.05, 3.63) is 30.2 Å². The van der Waals surface area contributed by atoms with Gasteiger partial charge in [-0.05, 0) is 26.0 Å². The summed E-state index contributed by atoms with van der Waals surface area (Å²) in [5.74, 6) is 0.748. The zero-order valence-electron chi connectivity index (χ0n) is 11.4. The fourth-order valence-electron chi connectivity index (χ4n) is 2.01. The molecule has 0 aliphatic heterocycles. The maximum Gasteiger partial charge on any atom is 0.275 e. The van der Waals surface area contributed by atoms with Gasteiger partial charge < -0.3 is 14.6 Å². The average molecular weight is 262 g/mol. The van der Waals surface area contributed by atoms with Crippen molar-refractivity contribution < 1.29 is 14.1 Å². The number of oxazole rings is 1. The van der Waals surface area contributed by atoms with Gasteiger partial charge >= 0.3 is 0 Å². The Hall–Kier alpha value is -1.88. The van der Waals surface area contributed by atoms with Gasteiger partial charge in [0.2, 0.25) is 0 Å². The molecule has 0 fully saturated rings. The molecule has 1 aromatic carbocycles. The molecule has 1 amide bonds. The summed E-state index contributed by atoms with van der Waals surface area (Å²) in [6, 6.07) is 7.70. The SMILES string of the molecule is CCNC(=O)C[NH+](CC)Cc1nc2ccccc2o1. The van der Waals surface area contributed by atoms with Crippen molar-refractivity contribution in [3.63, 3.8) is 0 Å². The summed E-state index contributed by atoms with van der Waals surface area (Å²) in [5, 5.41) is 2.81. The van der Waals surface area contributed by atoms with E-state index in [0.717, 1.165) is 22.5 Å². The molecule has 2 N–H and O–H groups in total. The summed E-state index contributed by atoms with van der Waals surface area (Å²) in [4.78, 5) is 17.2. The number of benzene rings is 1. The number of nitrogens with zero attached hydrogens (tertiary/aromatic N) is 1. The number of carbonyl (C=O) groups excluding carboxylic acids is 1. The Balaban J connectivity index is 2.03. The minimum absolute atomic E-state index is 0.0652. The molecule has 0 radical (unpaired) electrons. The van der Waals surface area contributed by atoms with E-state index in [-0.39, 0.29) is 5.91 Å². The second-order valence-corrected chi connectivity index (χ2v) is 4.49. The second-order valence-electron chi connectivity index (χ2n) is 4.49. The summed E-state index contributed by atoms with van der Waals surface area (Å²) in [5.41, 5.74) is 1.66. The zero-order valence-corrected chi connectivity index (χ0v) is 11.4. The van der Waals surface area contributed by atoms with E-state index in [1.807, 2.05) is 31.2 Å². The zero-order chi connectivity index (χ0) is 13.7. The van der Waals surface area contributed by atoms with Gasteiger partial charge in [0.05, 0.1) is 6.54 Å². The van der Waals surface area contributed by atoms with Crippen LogP contribution in [0.25, 0.3) is 11.1 Å². The number of hydrogen-bond donors (Lipinski definition) is 2. The third-order valence-electron chi connectivity index (χ3n) is 3.02. The van der Waals surface area contributed by atoms with Gasteiger partial charge in [-0.3, -0.25) is 4.79 Å². The molecule has 102 valence electrons. The van der Waals surface area contributed by atoms with Crippen LogP contribution in [0, 0.1) is 0 Å². The number of aromatic nitrogens is 1. The minimum Gasteiger partial charge on any atom is -0.435 e. The van der Waals surface area contributed by atoms with Crippen molar-refractivity contribution in [2.24, 2.45) is 0 Å². The Kier molecular flexibility index (Phi) is 4.52. The quantitative estimate of drug-likeness (QED) is 0.790. The lowest BCUT2D eigenvalue weighted by atomic mass is 10.3. The molecule has 0 saturated heterocycles. The molecule has 0 saturated carbocycles. The molecule has 0 aliphatic carbocycles. The Morgan fingerprint density at radius 3 is 2.84 bits per heavy atom. The number of hydrogen-bond acceptors (Lipinski definition) is 3. The summed E-state index contributed by atoms with van der Waals surface area (Å²) in [7, 11) is 0. The van der Waals surface area contributed by atoms with Crippen LogP contribution in [-0.4, -0.2) is 30.5 Å². The Morgan fingerprint density at radius 2 is 2.16 bits per heavy atom. The Labute approximate surface area is 112 Å². The smallest absolute Gasteiger partial charge is 0.275 e. The molecule has 0 spiro atoms. The van der Waals surface area contributed by atoms with Gasteiger partial charge in [-0.25, -0.2) is 4.98 Å². The van der Waals surface area contributed by atoms with Crippen LogP contribution < -0.4 is 10.2 Å². The van der Waals surface area contributed by atoms with E-state index in [2.05, 4.69) is 17.2 Å². The standard InChI is InChI=1S/C14H19N3O2/c1-3-15-13(18)9-17(4-2)10-14-16-11-7-5-6-8-12(11)19-14/h5-8H,3-4,9-10H2,1-2H3,(H,15,18)/p+1. The largest absolute Gasteiger partial charge is 0.435 e. The van der Waals surface area contributed by atoms with Gasteiger partial charge in [-0.1, -0.05) is 12.1 Å². The molecule has 5 nitrogen and oxygen atoms in total. The van der Waals surface area contributed by atoms with Gasteiger partial charge in [0.15, 0.2) is 18.7 Å². The Morgan fingerprint density at radius 1 is 1.37 bits per heavy atom. The number of quaternary nitrogens is 1. The number of carbonyl (C=O) groups is 1. The van der Waals surface area contributed by atoms with Gasteiger partial charge in [-0.2, -0.15) is 0 Å². The minimum atomic E-state index is 0.0652. The summed E-state index contributed by atoms with van der Waals surface area (Å²) < 4.78 is 5.68. The van der Waals surface area contributed by atoms with Crippen LogP contribution in [0.4, 0.5) is 0 Å². The summed E-state index contributed by atoms with van der Waals surface area (Å²) in [6.07, 6.45) is 0. The maximum atomic E-state index is 11.6. The first kappa shape index (κ1) is 13.5. The van der Waals surface area contributed by atoms with E-state index in [9.17, 15) is 4.79 Å². The lowest BCUT2D eigenvalue weighted by Crippen LogP contribution is -3.11. The fourth-order valence-corrected chi connectivity index (χ4v) is 2.01. The molecule has 1 unspecified atom stereocenters. The normalized spacial score (nSPS) is 12.5. The fraction of sp³-hybridized carbons (Fsp3) is 0.429. The molecule has 2 aromatic rings. The second kappa shape index (κ2) is 6.33. The van der Waals surface area contributed by atoms with Crippen molar-refractivity contribution in [3.8, 4) is 0 Å². The van der Waals surface area contributed by atoms with Crippen molar-refractivity contribution >= 4 is 17.0 Å². The first-order valence-corrected chi connectivity index (χ1v) is 6.67. The molecule has 1 aromatic heterocycles. The Bertz CT molecular complexity index is 517. The molecule has 5 heteroatoms. The van der Waals surface area contributed by atoms with Gasteiger partial charge in [0, 0.05) is 6.54 Å². The molecular formula is C14H20N3O2+. The molecule has 19 heavy (non-hydrogen) atoms. The number of fused-ring (bicyclic) bond motifs is 1. The molecule has 0 bridgehead atoms. The van der Waals surface area contributed by atoms with Crippen LogP contribution in [0.2, 0.25) is 0 Å². The van der Waals surface area contributed by atoms with Crippen LogP contribution in [0.1, 0.15) is 19.7 Å². The molecule has 1 atom stereocenters. The summed E-state index contributed by atoms with van der Waals surface area (Å²) in [6.45, 7) is 6.57. The van der Waals surface area contributed by atoms with Crippen molar-refractivity contribution in [2.75, 3.05) is 19.6 Å². The third kappa shape index (κ3) is 3.54. The third-order valence-corrected chi connectivity index (χ3v) is 3.02. The number of para-hydroxylation sites is 2. The molecule has 1 heterocycles. The van der Waals surface area contributed by atoms with Crippen LogP contribution in [0.5, 0.6) is 0 Å². The van der Waals surface area contributed by atoms with Crippen LogP contribution >= 0.6 is 0 Å².